The molecule has 0 aliphatic carbocycles. The van der Waals surface area contributed by atoms with E-state index in [1.165, 1.54) is 23.3 Å². The Bertz CT molecular complexity index is 762. The van der Waals surface area contributed by atoms with Crippen LogP contribution in [0.4, 0.5) is 5.13 Å². The number of aromatic nitrogens is 1. The van der Waals surface area contributed by atoms with Gasteiger partial charge in [0.05, 0.1) is 16.4 Å². The van der Waals surface area contributed by atoms with Gasteiger partial charge >= 0.3 is 0 Å². The van der Waals surface area contributed by atoms with E-state index in [1.54, 1.807) is 6.21 Å². The van der Waals surface area contributed by atoms with Gasteiger partial charge in [0.25, 0.3) is 0 Å². The SMILES string of the molecule is CC(=O)N(N=Cc1ccccc1)c1nc2ccccc2s1. The van der Waals surface area contributed by atoms with E-state index >= 15 is 0 Å². The number of amides is 1. The van der Waals surface area contributed by atoms with Crippen molar-refractivity contribution in [2.45, 2.75) is 6.92 Å². The summed E-state index contributed by atoms with van der Waals surface area (Å²) < 4.78 is 1.04. The van der Waals surface area contributed by atoms with Gasteiger partial charge in [0.15, 0.2) is 0 Å². The fourth-order valence-corrected chi connectivity index (χ4v) is 2.85. The van der Waals surface area contributed by atoms with Crippen molar-refractivity contribution in [1.29, 1.82) is 0 Å². The largest absolute Gasteiger partial charge is 0.273 e. The standard InChI is InChI=1S/C16H13N3OS/c1-12(20)19(17-11-13-7-3-2-4-8-13)16-18-14-9-5-6-10-15(14)21-16/h2-11H,1H3. The molecule has 3 aromatic rings. The first-order valence-corrected chi connectivity index (χ1v) is 7.31. The molecular weight excluding hydrogens is 282 g/mol. The van der Waals surface area contributed by atoms with Gasteiger partial charge in [-0.05, 0) is 17.7 Å². The molecule has 0 aliphatic rings. The number of hydrogen-bond acceptors (Lipinski definition) is 4. The highest BCUT2D eigenvalue weighted by Crippen LogP contribution is 2.28. The second kappa shape index (κ2) is 5.85. The quantitative estimate of drug-likeness (QED) is 0.546. The fourth-order valence-electron chi connectivity index (χ4n) is 1.88. The van der Waals surface area contributed by atoms with Gasteiger partial charge < -0.3 is 0 Å². The van der Waals surface area contributed by atoms with Gasteiger partial charge in [0.1, 0.15) is 0 Å². The van der Waals surface area contributed by atoms with Crippen LogP contribution in [0.2, 0.25) is 0 Å². The number of carbonyl (C=O) groups is 1. The zero-order valence-electron chi connectivity index (χ0n) is 11.4. The maximum Gasteiger partial charge on any atom is 0.246 e. The van der Waals surface area contributed by atoms with Gasteiger partial charge in [-0.2, -0.15) is 10.1 Å². The summed E-state index contributed by atoms with van der Waals surface area (Å²) in [5.41, 5.74) is 1.81. The third-order valence-electron chi connectivity index (χ3n) is 2.88. The van der Waals surface area contributed by atoms with E-state index < -0.39 is 0 Å². The maximum absolute atomic E-state index is 11.8. The number of benzene rings is 2. The van der Waals surface area contributed by atoms with Crippen molar-refractivity contribution in [1.82, 2.24) is 4.98 Å². The fraction of sp³-hybridized carbons (Fsp3) is 0.0625. The first-order valence-electron chi connectivity index (χ1n) is 6.49. The Labute approximate surface area is 126 Å². The highest BCUT2D eigenvalue weighted by molar-refractivity contribution is 7.22. The van der Waals surface area contributed by atoms with Crippen molar-refractivity contribution in [3.8, 4) is 0 Å². The van der Waals surface area contributed by atoms with Crippen LogP contribution in [0.15, 0.2) is 59.7 Å². The normalized spacial score (nSPS) is 11.1. The zero-order valence-corrected chi connectivity index (χ0v) is 12.2. The van der Waals surface area contributed by atoms with E-state index in [9.17, 15) is 4.79 Å². The zero-order chi connectivity index (χ0) is 14.7. The summed E-state index contributed by atoms with van der Waals surface area (Å²) in [6.45, 7) is 1.48. The molecule has 0 unspecified atom stereocenters. The van der Waals surface area contributed by atoms with Crippen LogP contribution in [-0.4, -0.2) is 17.1 Å². The number of anilines is 1. The van der Waals surface area contributed by atoms with E-state index in [0.717, 1.165) is 15.8 Å². The average molecular weight is 295 g/mol. The van der Waals surface area contributed by atoms with Gasteiger partial charge in [-0.25, -0.2) is 4.98 Å². The van der Waals surface area contributed by atoms with E-state index in [2.05, 4.69) is 10.1 Å². The number of carbonyl (C=O) groups excluding carboxylic acids is 1. The second-order valence-electron chi connectivity index (χ2n) is 4.45. The number of fused-ring (bicyclic) bond motifs is 1. The minimum atomic E-state index is -0.166. The molecule has 0 radical (unpaired) electrons. The van der Waals surface area contributed by atoms with E-state index in [-0.39, 0.29) is 5.91 Å². The molecule has 1 aromatic heterocycles. The van der Waals surface area contributed by atoms with Crippen LogP contribution in [0.25, 0.3) is 10.2 Å². The first-order chi connectivity index (χ1) is 10.2. The lowest BCUT2D eigenvalue weighted by Crippen LogP contribution is -2.22. The number of thiazole rings is 1. The van der Waals surface area contributed by atoms with Crippen molar-refractivity contribution in [3.05, 3.63) is 60.2 Å². The molecule has 2 aromatic carbocycles. The molecule has 104 valence electrons. The van der Waals surface area contributed by atoms with Crippen LogP contribution in [0.5, 0.6) is 0 Å². The molecule has 1 amide bonds. The molecule has 0 aliphatic heterocycles. The lowest BCUT2D eigenvalue weighted by atomic mass is 10.2. The Balaban J connectivity index is 1.94. The third kappa shape index (κ3) is 2.98. The average Bonchev–Trinajstić information content (AvgIpc) is 2.91. The molecule has 5 heteroatoms. The molecule has 0 saturated carbocycles. The summed E-state index contributed by atoms with van der Waals surface area (Å²) in [5.74, 6) is -0.166. The van der Waals surface area contributed by atoms with Gasteiger partial charge in [0.2, 0.25) is 11.0 Å². The number of hydrazone groups is 1. The molecule has 3 rings (SSSR count). The summed E-state index contributed by atoms with van der Waals surface area (Å²) in [5, 5.41) is 6.18. The highest BCUT2D eigenvalue weighted by atomic mass is 32.1. The van der Waals surface area contributed by atoms with E-state index in [1.807, 2.05) is 54.6 Å². The monoisotopic (exact) mass is 295 g/mol. The lowest BCUT2D eigenvalue weighted by molar-refractivity contribution is -0.116. The number of nitrogens with zero attached hydrogens (tertiary/aromatic N) is 3. The Morgan fingerprint density at radius 3 is 2.57 bits per heavy atom. The Morgan fingerprint density at radius 1 is 1.14 bits per heavy atom. The van der Waals surface area contributed by atoms with Crippen molar-refractivity contribution in [2.75, 3.05) is 5.01 Å². The van der Waals surface area contributed by atoms with Crippen molar-refractivity contribution in [2.24, 2.45) is 5.10 Å². The summed E-state index contributed by atoms with van der Waals surface area (Å²) in [6, 6.07) is 17.4. The van der Waals surface area contributed by atoms with Crippen LogP contribution in [-0.2, 0) is 4.79 Å². The number of para-hydroxylation sites is 1. The summed E-state index contributed by atoms with van der Waals surface area (Å²) in [6.07, 6.45) is 1.66. The molecule has 0 N–H and O–H groups in total. The topological polar surface area (TPSA) is 45.6 Å². The first kappa shape index (κ1) is 13.5. The molecule has 0 fully saturated rings. The van der Waals surface area contributed by atoms with Crippen LogP contribution in [0, 0.1) is 0 Å². The minimum Gasteiger partial charge on any atom is -0.273 e. The summed E-state index contributed by atoms with van der Waals surface area (Å²) >= 11 is 1.45. The van der Waals surface area contributed by atoms with Crippen molar-refractivity contribution in [3.63, 3.8) is 0 Å². The van der Waals surface area contributed by atoms with Gasteiger partial charge in [-0.1, -0.05) is 53.8 Å². The Hall–Kier alpha value is -2.53. The summed E-state index contributed by atoms with van der Waals surface area (Å²) in [4.78, 5) is 16.3. The smallest absolute Gasteiger partial charge is 0.246 e. The molecule has 0 saturated heterocycles. The second-order valence-corrected chi connectivity index (χ2v) is 5.46. The van der Waals surface area contributed by atoms with Crippen molar-refractivity contribution < 1.29 is 4.79 Å². The van der Waals surface area contributed by atoms with E-state index in [0.29, 0.717) is 5.13 Å². The molecule has 21 heavy (non-hydrogen) atoms. The maximum atomic E-state index is 11.8. The Kier molecular flexibility index (Phi) is 3.75. The summed E-state index contributed by atoms with van der Waals surface area (Å²) in [7, 11) is 0. The van der Waals surface area contributed by atoms with Crippen LogP contribution in [0.3, 0.4) is 0 Å². The Morgan fingerprint density at radius 2 is 1.86 bits per heavy atom. The molecule has 1 heterocycles. The van der Waals surface area contributed by atoms with Crippen molar-refractivity contribution >= 4 is 38.8 Å². The predicted octanol–water partition coefficient (Wildman–Crippen LogP) is 3.68. The van der Waals surface area contributed by atoms with Gasteiger partial charge in [-0.3, -0.25) is 4.79 Å². The minimum absolute atomic E-state index is 0.166. The van der Waals surface area contributed by atoms with Crippen LogP contribution in [0.1, 0.15) is 12.5 Å². The van der Waals surface area contributed by atoms with E-state index in [4.69, 9.17) is 0 Å². The molecule has 0 atom stereocenters. The van der Waals surface area contributed by atoms with Gasteiger partial charge in [0, 0.05) is 6.92 Å². The number of hydrogen-bond donors (Lipinski definition) is 0. The number of rotatable bonds is 3. The van der Waals surface area contributed by atoms with Gasteiger partial charge in [-0.15, -0.1) is 0 Å². The highest BCUT2D eigenvalue weighted by Gasteiger charge is 2.14. The molecule has 4 nitrogen and oxygen atoms in total. The molecule has 0 spiro atoms. The van der Waals surface area contributed by atoms with Crippen LogP contribution < -0.4 is 5.01 Å². The molecule has 0 bridgehead atoms. The third-order valence-corrected chi connectivity index (χ3v) is 3.90. The molecular formula is C16H13N3OS. The predicted molar refractivity (Wildman–Crippen MR) is 86.8 cm³/mol. The van der Waals surface area contributed by atoms with Crippen LogP contribution >= 0.6 is 11.3 Å². The lowest BCUT2D eigenvalue weighted by Gasteiger charge is -2.10.